The van der Waals surface area contributed by atoms with Crippen LogP contribution in [0.5, 0.6) is 5.75 Å². The van der Waals surface area contributed by atoms with Crippen LogP contribution in [0.2, 0.25) is 0 Å². The van der Waals surface area contributed by atoms with Crippen molar-refractivity contribution in [3.63, 3.8) is 0 Å². The van der Waals surface area contributed by atoms with Crippen LogP contribution in [-0.2, 0) is 11.2 Å². The van der Waals surface area contributed by atoms with Crippen LogP contribution in [-0.4, -0.2) is 36.4 Å². The Kier molecular flexibility index (Phi) is 3.89. The van der Waals surface area contributed by atoms with Gasteiger partial charge in [-0.3, -0.25) is 4.79 Å². The summed E-state index contributed by atoms with van der Waals surface area (Å²) in [7, 11) is 1.66. The molecule has 17 heavy (non-hydrogen) atoms. The predicted molar refractivity (Wildman–Crippen MR) is 67.5 cm³/mol. The van der Waals surface area contributed by atoms with E-state index in [0.29, 0.717) is 19.5 Å². The topological polar surface area (TPSA) is 29.5 Å². The Balaban J connectivity index is 1.96. The Bertz CT molecular complexity index is 408. The van der Waals surface area contributed by atoms with Crippen molar-refractivity contribution in [3.05, 3.63) is 29.8 Å². The number of amides is 1. The van der Waals surface area contributed by atoms with E-state index in [4.69, 9.17) is 16.3 Å². The third-order valence-corrected chi connectivity index (χ3v) is 3.30. The predicted octanol–water partition coefficient (Wildman–Crippen LogP) is 2.08. The first kappa shape index (κ1) is 12.2. The monoisotopic (exact) mass is 253 g/mol. The Morgan fingerprint density at radius 1 is 1.47 bits per heavy atom. The van der Waals surface area contributed by atoms with Crippen LogP contribution in [0.3, 0.4) is 0 Å². The van der Waals surface area contributed by atoms with Crippen LogP contribution in [0.15, 0.2) is 24.3 Å². The highest BCUT2D eigenvalue weighted by Gasteiger charge is 2.27. The zero-order chi connectivity index (χ0) is 12.3. The van der Waals surface area contributed by atoms with Crippen molar-refractivity contribution in [2.75, 3.05) is 20.2 Å². The van der Waals surface area contributed by atoms with Gasteiger partial charge in [-0.2, -0.15) is 0 Å². The van der Waals surface area contributed by atoms with Gasteiger partial charge in [-0.05, 0) is 18.1 Å². The number of likely N-dealkylation sites (tertiary alicyclic amines) is 1. The molecule has 0 radical (unpaired) electrons. The van der Waals surface area contributed by atoms with E-state index >= 15 is 0 Å². The summed E-state index contributed by atoms with van der Waals surface area (Å²) in [4.78, 5) is 13.4. The largest absolute Gasteiger partial charge is 0.496 e. The number of benzene rings is 1. The first-order valence-electron chi connectivity index (χ1n) is 5.74. The average Bonchev–Trinajstić information content (AvgIpc) is 2.65. The van der Waals surface area contributed by atoms with E-state index in [-0.39, 0.29) is 11.3 Å². The van der Waals surface area contributed by atoms with Gasteiger partial charge in [0.05, 0.1) is 12.5 Å². The molecule has 0 spiro atoms. The van der Waals surface area contributed by atoms with Crippen molar-refractivity contribution in [1.29, 1.82) is 0 Å². The molecule has 1 unspecified atom stereocenters. The molecule has 0 N–H and O–H groups in total. The van der Waals surface area contributed by atoms with Crippen molar-refractivity contribution in [2.45, 2.75) is 18.2 Å². The number of ether oxygens (including phenoxy) is 1. The zero-order valence-corrected chi connectivity index (χ0v) is 10.6. The highest BCUT2D eigenvalue weighted by Crippen LogP contribution is 2.20. The maximum absolute atomic E-state index is 11.6. The van der Waals surface area contributed by atoms with Gasteiger partial charge in [0, 0.05) is 19.5 Å². The van der Waals surface area contributed by atoms with Crippen molar-refractivity contribution in [2.24, 2.45) is 0 Å². The van der Waals surface area contributed by atoms with Crippen molar-refractivity contribution < 1.29 is 9.53 Å². The van der Waals surface area contributed by atoms with Crippen molar-refractivity contribution in [3.8, 4) is 5.75 Å². The number of alkyl halides is 1. The maximum Gasteiger partial charge on any atom is 0.224 e. The van der Waals surface area contributed by atoms with Gasteiger partial charge in [0.1, 0.15) is 5.75 Å². The summed E-state index contributed by atoms with van der Waals surface area (Å²) in [6.07, 6.45) is 1.27. The third kappa shape index (κ3) is 2.91. The van der Waals surface area contributed by atoms with Gasteiger partial charge in [-0.25, -0.2) is 0 Å². The van der Waals surface area contributed by atoms with Gasteiger partial charge in [0.2, 0.25) is 5.91 Å². The average molecular weight is 254 g/mol. The fourth-order valence-electron chi connectivity index (χ4n) is 2.10. The molecule has 1 aliphatic rings. The number of rotatable bonds is 4. The molecule has 3 nitrogen and oxygen atoms in total. The third-order valence-electron chi connectivity index (χ3n) is 3.01. The molecule has 1 heterocycles. The Hall–Kier alpha value is -1.22. The quantitative estimate of drug-likeness (QED) is 0.769. The van der Waals surface area contributed by atoms with Crippen molar-refractivity contribution >= 4 is 17.5 Å². The van der Waals surface area contributed by atoms with E-state index in [9.17, 15) is 4.79 Å². The van der Waals surface area contributed by atoms with Crippen LogP contribution in [0, 0.1) is 0 Å². The van der Waals surface area contributed by atoms with E-state index < -0.39 is 0 Å². The van der Waals surface area contributed by atoms with Crippen LogP contribution in [0.1, 0.15) is 12.0 Å². The second-order valence-corrected chi connectivity index (χ2v) is 4.82. The first-order chi connectivity index (χ1) is 8.20. The smallest absolute Gasteiger partial charge is 0.224 e. The summed E-state index contributed by atoms with van der Waals surface area (Å²) in [6, 6.07) is 7.88. The molecule has 0 aromatic heterocycles. The minimum atomic E-state index is -0.0276. The number of hydrogen-bond acceptors (Lipinski definition) is 2. The lowest BCUT2D eigenvalue weighted by Gasteiger charge is -2.16. The number of hydrogen-bond donors (Lipinski definition) is 0. The Morgan fingerprint density at radius 3 is 2.88 bits per heavy atom. The molecule has 0 saturated carbocycles. The van der Waals surface area contributed by atoms with Crippen LogP contribution < -0.4 is 4.74 Å². The van der Waals surface area contributed by atoms with E-state index in [2.05, 4.69) is 0 Å². The van der Waals surface area contributed by atoms with E-state index in [1.807, 2.05) is 29.2 Å². The van der Waals surface area contributed by atoms with Crippen LogP contribution in [0.25, 0.3) is 0 Å². The number of halogens is 1. The molecule has 1 amide bonds. The fraction of sp³-hybridized carbons (Fsp3) is 0.462. The molecule has 4 heteroatoms. The lowest BCUT2D eigenvalue weighted by atomic mass is 10.1. The van der Waals surface area contributed by atoms with E-state index in [0.717, 1.165) is 17.7 Å². The van der Waals surface area contributed by atoms with Gasteiger partial charge >= 0.3 is 0 Å². The van der Waals surface area contributed by atoms with Crippen LogP contribution in [0.4, 0.5) is 0 Å². The first-order valence-corrected chi connectivity index (χ1v) is 6.18. The molecular weight excluding hydrogens is 238 g/mol. The lowest BCUT2D eigenvalue weighted by Crippen LogP contribution is -2.27. The normalized spacial score (nSPS) is 19.8. The van der Waals surface area contributed by atoms with Gasteiger partial charge in [-0.1, -0.05) is 18.2 Å². The second kappa shape index (κ2) is 5.41. The summed E-state index contributed by atoms with van der Waals surface area (Å²) in [5.74, 6) is 1.03. The summed E-state index contributed by atoms with van der Waals surface area (Å²) in [5.41, 5.74) is 1.13. The molecule has 1 aromatic rings. The van der Waals surface area contributed by atoms with E-state index in [1.165, 1.54) is 0 Å². The number of para-hydroxylation sites is 1. The van der Waals surface area contributed by atoms with Gasteiger partial charge in [0.15, 0.2) is 0 Å². The summed E-state index contributed by atoms with van der Waals surface area (Å²) in [6.45, 7) is 1.37. The minimum Gasteiger partial charge on any atom is -0.496 e. The van der Waals surface area contributed by atoms with Crippen LogP contribution >= 0.6 is 11.6 Å². The number of nitrogens with zero attached hydrogens (tertiary/aromatic N) is 1. The zero-order valence-electron chi connectivity index (χ0n) is 9.86. The van der Waals surface area contributed by atoms with Gasteiger partial charge in [-0.15, -0.1) is 11.6 Å². The molecule has 1 atom stereocenters. The molecule has 92 valence electrons. The SMILES string of the molecule is COc1ccccc1CCN1CC(Cl)CC1=O. The molecular formula is C13H16ClNO2. The molecule has 0 bridgehead atoms. The molecule has 2 rings (SSSR count). The summed E-state index contributed by atoms with van der Waals surface area (Å²) >= 11 is 5.95. The lowest BCUT2D eigenvalue weighted by molar-refractivity contribution is -0.127. The molecule has 0 aliphatic carbocycles. The Morgan fingerprint density at radius 2 is 2.24 bits per heavy atom. The van der Waals surface area contributed by atoms with Crippen molar-refractivity contribution in [1.82, 2.24) is 4.90 Å². The molecule has 1 fully saturated rings. The number of carbonyl (C=O) groups excluding carboxylic acids is 1. The van der Waals surface area contributed by atoms with Gasteiger partial charge < -0.3 is 9.64 Å². The minimum absolute atomic E-state index is 0.0276. The number of carbonyl (C=O) groups is 1. The molecule has 1 aromatic carbocycles. The highest BCUT2D eigenvalue weighted by molar-refractivity contribution is 6.22. The second-order valence-electron chi connectivity index (χ2n) is 4.20. The highest BCUT2D eigenvalue weighted by atomic mass is 35.5. The van der Waals surface area contributed by atoms with E-state index in [1.54, 1.807) is 7.11 Å². The fourth-order valence-corrected chi connectivity index (χ4v) is 2.40. The number of methoxy groups -OCH3 is 1. The summed E-state index contributed by atoms with van der Waals surface area (Å²) in [5, 5.41) is -0.0276. The van der Waals surface area contributed by atoms with Gasteiger partial charge in [0.25, 0.3) is 0 Å². The Labute approximate surface area is 106 Å². The summed E-state index contributed by atoms with van der Waals surface area (Å²) < 4.78 is 5.28. The standard InChI is InChI=1S/C13H16ClNO2/c1-17-12-5-3-2-4-10(12)6-7-15-9-11(14)8-13(15)16/h2-5,11H,6-9H2,1H3. The maximum atomic E-state index is 11.6. The molecule has 1 saturated heterocycles. The molecule has 1 aliphatic heterocycles.